The minimum absolute atomic E-state index is 0.627. The molecule has 1 aromatic carbocycles. The zero-order valence-corrected chi connectivity index (χ0v) is 14.2. The quantitative estimate of drug-likeness (QED) is 0.850. The number of morpholine rings is 1. The summed E-state index contributed by atoms with van der Waals surface area (Å²) in [7, 11) is 0. The number of hydrogen-bond acceptors (Lipinski definition) is 5. The summed E-state index contributed by atoms with van der Waals surface area (Å²) < 4.78 is 7.45. The summed E-state index contributed by atoms with van der Waals surface area (Å²) in [5.41, 5.74) is 1.07. The summed E-state index contributed by atoms with van der Waals surface area (Å²) in [6.07, 6.45) is 1.65. The Hall–Kier alpha value is -1.76. The lowest BCUT2D eigenvalue weighted by molar-refractivity contribution is 0.0117. The van der Waals surface area contributed by atoms with Crippen LogP contribution in [0.25, 0.3) is 5.69 Å². The number of para-hydroxylation sites is 1. The van der Waals surface area contributed by atoms with E-state index in [0.29, 0.717) is 12.0 Å². The average molecular weight is 327 g/mol. The molecule has 0 spiro atoms. The Balaban J connectivity index is 1.44. The van der Waals surface area contributed by atoms with E-state index in [9.17, 15) is 0 Å². The second-order valence-corrected chi connectivity index (χ2v) is 6.81. The summed E-state index contributed by atoms with van der Waals surface area (Å²) in [5, 5.41) is 4.41. The van der Waals surface area contributed by atoms with E-state index >= 15 is 0 Å². The average Bonchev–Trinajstić information content (AvgIpc) is 3.23. The van der Waals surface area contributed by atoms with Gasteiger partial charge in [0.25, 0.3) is 0 Å². The molecule has 0 radical (unpaired) electrons. The maximum atomic E-state index is 5.49. The first-order chi connectivity index (χ1) is 11.8. The molecule has 4 rings (SSSR count). The summed E-state index contributed by atoms with van der Waals surface area (Å²) in [5.74, 6) is 1.69. The number of ether oxygens (including phenoxy) is 1. The molecule has 128 valence electrons. The molecule has 2 aliphatic rings. The lowest BCUT2D eigenvalue weighted by Gasteiger charge is -2.34. The van der Waals surface area contributed by atoms with E-state index < -0.39 is 0 Å². The summed E-state index contributed by atoms with van der Waals surface area (Å²) in [4.78, 5) is 9.60. The van der Waals surface area contributed by atoms with Crippen molar-refractivity contribution in [2.45, 2.75) is 19.5 Å². The highest BCUT2D eigenvalue weighted by Gasteiger charge is 2.34. The van der Waals surface area contributed by atoms with Crippen molar-refractivity contribution in [1.29, 1.82) is 0 Å². The van der Waals surface area contributed by atoms with Crippen LogP contribution in [0.15, 0.2) is 36.7 Å². The van der Waals surface area contributed by atoms with E-state index in [2.05, 4.69) is 38.9 Å². The Morgan fingerprint density at radius 3 is 2.71 bits per heavy atom. The van der Waals surface area contributed by atoms with E-state index in [-0.39, 0.29) is 0 Å². The molecule has 0 unspecified atom stereocenters. The topological polar surface area (TPSA) is 46.4 Å². The van der Waals surface area contributed by atoms with Crippen molar-refractivity contribution < 1.29 is 4.74 Å². The van der Waals surface area contributed by atoms with Gasteiger partial charge in [0.15, 0.2) is 0 Å². The van der Waals surface area contributed by atoms with Crippen LogP contribution in [0.4, 0.5) is 0 Å². The minimum Gasteiger partial charge on any atom is -0.379 e. The zero-order valence-electron chi connectivity index (χ0n) is 14.2. The van der Waals surface area contributed by atoms with Crippen molar-refractivity contribution in [1.82, 2.24) is 24.6 Å². The molecule has 0 amide bonds. The first kappa shape index (κ1) is 15.7. The molecule has 2 fully saturated rings. The number of aromatic nitrogens is 3. The van der Waals surface area contributed by atoms with Gasteiger partial charge in [0.05, 0.1) is 25.4 Å². The molecule has 6 nitrogen and oxygen atoms in total. The molecule has 2 saturated heterocycles. The Bertz CT molecular complexity index is 652. The molecule has 0 aliphatic carbocycles. The standard InChI is InChI=1S/C18H25N5O/c1-15-11-21(12-17(15)22-7-9-24-10-8-22)13-18-19-14-20-23(18)16-5-3-2-4-6-16/h2-6,14-15,17H,7-13H2,1H3/t15-,17-/m1/s1. The van der Waals surface area contributed by atoms with Gasteiger partial charge < -0.3 is 4.74 Å². The Morgan fingerprint density at radius 1 is 1.12 bits per heavy atom. The molecule has 6 heteroatoms. The van der Waals surface area contributed by atoms with Gasteiger partial charge in [-0.25, -0.2) is 9.67 Å². The van der Waals surface area contributed by atoms with Crippen LogP contribution in [0.1, 0.15) is 12.7 Å². The molecule has 0 N–H and O–H groups in total. The molecule has 3 heterocycles. The monoisotopic (exact) mass is 327 g/mol. The maximum absolute atomic E-state index is 5.49. The number of benzene rings is 1. The van der Waals surface area contributed by atoms with Gasteiger partial charge in [0.1, 0.15) is 12.2 Å². The molecule has 2 atom stereocenters. The fourth-order valence-electron chi connectivity index (χ4n) is 3.92. The van der Waals surface area contributed by atoms with Crippen LogP contribution in [-0.4, -0.2) is 70.0 Å². The Kier molecular flexibility index (Phi) is 4.60. The van der Waals surface area contributed by atoms with E-state index in [1.54, 1.807) is 6.33 Å². The highest BCUT2D eigenvalue weighted by Crippen LogP contribution is 2.24. The van der Waals surface area contributed by atoms with Gasteiger partial charge in [-0.3, -0.25) is 9.80 Å². The normalized spacial score (nSPS) is 26.0. The highest BCUT2D eigenvalue weighted by molar-refractivity contribution is 5.30. The molecule has 2 aromatic rings. The third-order valence-corrected chi connectivity index (χ3v) is 5.15. The fraction of sp³-hybridized carbons (Fsp3) is 0.556. The van der Waals surface area contributed by atoms with Crippen LogP contribution in [0, 0.1) is 5.92 Å². The smallest absolute Gasteiger partial charge is 0.146 e. The Labute approximate surface area is 143 Å². The fourth-order valence-corrected chi connectivity index (χ4v) is 3.92. The second kappa shape index (κ2) is 7.01. The SMILES string of the molecule is C[C@@H]1CN(Cc2ncnn2-c2ccccc2)C[C@H]1N1CCOCC1. The van der Waals surface area contributed by atoms with Crippen LogP contribution in [0.5, 0.6) is 0 Å². The van der Waals surface area contributed by atoms with E-state index in [4.69, 9.17) is 4.74 Å². The van der Waals surface area contributed by atoms with Crippen molar-refractivity contribution in [2.75, 3.05) is 39.4 Å². The van der Waals surface area contributed by atoms with Crippen molar-refractivity contribution in [2.24, 2.45) is 5.92 Å². The molecule has 0 saturated carbocycles. The molecule has 0 bridgehead atoms. The first-order valence-electron chi connectivity index (χ1n) is 8.80. The van der Waals surface area contributed by atoms with Crippen LogP contribution < -0.4 is 0 Å². The van der Waals surface area contributed by atoms with E-state index in [1.807, 2.05) is 22.9 Å². The predicted octanol–water partition coefficient (Wildman–Crippen LogP) is 1.42. The maximum Gasteiger partial charge on any atom is 0.146 e. The van der Waals surface area contributed by atoms with Crippen molar-refractivity contribution >= 4 is 0 Å². The van der Waals surface area contributed by atoms with E-state index in [0.717, 1.165) is 57.4 Å². The first-order valence-corrected chi connectivity index (χ1v) is 8.80. The van der Waals surface area contributed by atoms with Gasteiger partial charge >= 0.3 is 0 Å². The van der Waals surface area contributed by atoms with Crippen LogP contribution in [0.2, 0.25) is 0 Å². The van der Waals surface area contributed by atoms with Crippen molar-refractivity contribution in [3.63, 3.8) is 0 Å². The number of hydrogen-bond donors (Lipinski definition) is 0. The number of likely N-dealkylation sites (tertiary alicyclic amines) is 1. The lowest BCUT2D eigenvalue weighted by Crippen LogP contribution is -2.46. The predicted molar refractivity (Wildman–Crippen MR) is 92.0 cm³/mol. The van der Waals surface area contributed by atoms with Crippen molar-refractivity contribution in [3.8, 4) is 5.69 Å². The van der Waals surface area contributed by atoms with Gasteiger partial charge in [-0.15, -0.1) is 0 Å². The molecule has 2 aliphatic heterocycles. The van der Waals surface area contributed by atoms with Crippen molar-refractivity contribution in [3.05, 3.63) is 42.5 Å². The van der Waals surface area contributed by atoms with E-state index in [1.165, 1.54) is 0 Å². The highest BCUT2D eigenvalue weighted by atomic mass is 16.5. The van der Waals surface area contributed by atoms with Gasteiger partial charge in [0, 0.05) is 32.2 Å². The molecule has 1 aromatic heterocycles. The molecular weight excluding hydrogens is 302 g/mol. The summed E-state index contributed by atoms with van der Waals surface area (Å²) >= 11 is 0. The van der Waals surface area contributed by atoms with Gasteiger partial charge in [0.2, 0.25) is 0 Å². The van der Waals surface area contributed by atoms with Crippen LogP contribution >= 0.6 is 0 Å². The second-order valence-electron chi connectivity index (χ2n) is 6.81. The minimum atomic E-state index is 0.627. The molecule has 24 heavy (non-hydrogen) atoms. The largest absolute Gasteiger partial charge is 0.379 e. The third-order valence-electron chi connectivity index (χ3n) is 5.15. The summed E-state index contributed by atoms with van der Waals surface area (Å²) in [6.45, 7) is 9.28. The zero-order chi connectivity index (χ0) is 16.4. The number of rotatable bonds is 4. The van der Waals surface area contributed by atoms with Gasteiger partial charge in [-0.1, -0.05) is 25.1 Å². The van der Waals surface area contributed by atoms with Crippen LogP contribution in [-0.2, 0) is 11.3 Å². The lowest BCUT2D eigenvalue weighted by atomic mass is 10.0. The van der Waals surface area contributed by atoms with Gasteiger partial charge in [-0.05, 0) is 18.1 Å². The van der Waals surface area contributed by atoms with Gasteiger partial charge in [-0.2, -0.15) is 5.10 Å². The summed E-state index contributed by atoms with van der Waals surface area (Å²) in [6, 6.07) is 10.9. The van der Waals surface area contributed by atoms with Crippen LogP contribution in [0.3, 0.4) is 0 Å². The third kappa shape index (κ3) is 3.22. The Morgan fingerprint density at radius 2 is 1.92 bits per heavy atom. The molecular formula is C18H25N5O. The number of nitrogens with zero attached hydrogens (tertiary/aromatic N) is 5.